The van der Waals surface area contributed by atoms with Crippen LogP contribution in [0.3, 0.4) is 0 Å². The molecule has 2 aliphatic rings. The highest BCUT2D eigenvalue weighted by atomic mass is 16.5. The molecule has 2 aromatic rings. The molecular formula is C16H22N6O2. The molecule has 0 spiro atoms. The van der Waals surface area contributed by atoms with Crippen LogP contribution in [0.1, 0.15) is 19.4 Å². The maximum atomic E-state index is 9.33. The van der Waals surface area contributed by atoms with Crippen molar-refractivity contribution < 1.29 is 9.84 Å². The van der Waals surface area contributed by atoms with Crippen molar-refractivity contribution in [1.29, 1.82) is 0 Å². The fourth-order valence-electron chi connectivity index (χ4n) is 3.52. The first-order valence-corrected chi connectivity index (χ1v) is 8.12. The molecule has 8 heteroatoms. The molecule has 3 heterocycles. The molecule has 1 saturated heterocycles. The Hall–Kier alpha value is -2.19. The van der Waals surface area contributed by atoms with Crippen LogP contribution in [-0.2, 0) is 4.74 Å². The molecule has 1 aliphatic carbocycles. The summed E-state index contributed by atoms with van der Waals surface area (Å²) in [5.74, 6) is 1.18. The third-order valence-electron chi connectivity index (χ3n) is 5.00. The molecule has 24 heavy (non-hydrogen) atoms. The number of allylic oxidation sites excluding steroid dienone is 1. The maximum Gasteiger partial charge on any atom is 0.224 e. The first-order valence-electron chi connectivity index (χ1n) is 8.12. The summed E-state index contributed by atoms with van der Waals surface area (Å²) >= 11 is 0. The molecule has 0 aromatic carbocycles. The van der Waals surface area contributed by atoms with Crippen molar-refractivity contribution in [1.82, 2.24) is 19.5 Å². The number of imidazole rings is 1. The molecule has 1 aliphatic heterocycles. The van der Waals surface area contributed by atoms with Gasteiger partial charge in [-0.2, -0.15) is 9.97 Å². The van der Waals surface area contributed by atoms with Crippen LogP contribution in [0.25, 0.3) is 11.2 Å². The van der Waals surface area contributed by atoms with Crippen LogP contribution in [0.2, 0.25) is 0 Å². The van der Waals surface area contributed by atoms with E-state index in [1.54, 1.807) is 13.4 Å². The number of hydrogen-bond donors (Lipinski definition) is 2. The van der Waals surface area contributed by atoms with Gasteiger partial charge in [-0.1, -0.05) is 12.2 Å². The molecule has 0 saturated carbocycles. The predicted octanol–water partition coefficient (Wildman–Crippen LogP) is 0.743. The second kappa shape index (κ2) is 5.42. The van der Waals surface area contributed by atoms with E-state index in [0.29, 0.717) is 0 Å². The lowest BCUT2D eigenvalue weighted by Crippen LogP contribution is -2.61. The fourth-order valence-corrected chi connectivity index (χ4v) is 3.52. The number of fused-ring (bicyclic) bond motifs is 1. The van der Waals surface area contributed by atoms with E-state index in [2.05, 4.69) is 32.9 Å². The maximum absolute atomic E-state index is 9.33. The van der Waals surface area contributed by atoms with E-state index in [-0.39, 0.29) is 30.1 Å². The molecule has 8 nitrogen and oxygen atoms in total. The Morgan fingerprint density at radius 1 is 1.38 bits per heavy atom. The minimum Gasteiger partial charge on any atom is -0.396 e. The van der Waals surface area contributed by atoms with Gasteiger partial charge in [0, 0.05) is 19.6 Å². The molecule has 4 rings (SSSR count). The van der Waals surface area contributed by atoms with Gasteiger partial charge < -0.3 is 25.0 Å². The lowest BCUT2D eigenvalue weighted by molar-refractivity contribution is -0.0170. The van der Waals surface area contributed by atoms with Crippen molar-refractivity contribution in [3.8, 4) is 0 Å². The van der Waals surface area contributed by atoms with E-state index < -0.39 is 0 Å². The average molecular weight is 330 g/mol. The number of nitrogen functional groups attached to an aromatic ring is 1. The average Bonchev–Trinajstić information content (AvgIpc) is 3.17. The van der Waals surface area contributed by atoms with Crippen LogP contribution in [0.15, 0.2) is 18.5 Å². The number of aliphatic hydroxyl groups excluding tert-OH is 1. The van der Waals surface area contributed by atoms with E-state index in [9.17, 15) is 5.11 Å². The van der Waals surface area contributed by atoms with E-state index in [1.807, 2.05) is 10.6 Å². The normalized spacial score (nSPS) is 25.4. The topological polar surface area (TPSA) is 102 Å². The summed E-state index contributed by atoms with van der Waals surface area (Å²) in [6, 6.07) is 0.134. The Morgan fingerprint density at radius 3 is 2.83 bits per heavy atom. The number of rotatable bonds is 4. The van der Waals surface area contributed by atoms with Gasteiger partial charge in [0.05, 0.1) is 31.1 Å². The third-order valence-corrected chi connectivity index (χ3v) is 5.00. The number of nitrogens with two attached hydrogens (primary N) is 1. The van der Waals surface area contributed by atoms with Gasteiger partial charge in [-0.15, -0.1) is 0 Å². The first kappa shape index (κ1) is 15.3. The molecule has 2 atom stereocenters. The number of nitrogens with zero attached hydrogens (tertiary/aromatic N) is 5. The zero-order chi connectivity index (χ0) is 16.9. The van der Waals surface area contributed by atoms with Gasteiger partial charge in [-0.05, 0) is 13.3 Å². The summed E-state index contributed by atoms with van der Waals surface area (Å²) in [6.45, 7) is 3.73. The number of aromatic nitrogens is 4. The van der Waals surface area contributed by atoms with Crippen molar-refractivity contribution >= 4 is 22.9 Å². The van der Waals surface area contributed by atoms with Crippen LogP contribution in [-0.4, -0.2) is 57.0 Å². The van der Waals surface area contributed by atoms with Gasteiger partial charge >= 0.3 is 0 Å². The van der Waals surface area contributed by atoms with Crippen LogP contribution in [0, 0.1) is 5.92 Å². The SMILES string of the molecule is COC1(C)CN(c2nc(N)nc3c2ncn3[C@H]2C=C[C@@H](CO)C2)C1. The smallest absolute Gasteiger partial charge is 0.224 e. The van der Waals surface area contributed by atoms with Crippen LogP contribution >= 0.6 is 0 Å². The van der Waals surface area contributed by atoms with Gasteiger partial charge in [0.15, 0.2) is 17.0 Å². The molecule has 0 bridgehead atoms. The fraction of sp³-hybridized carbons (Fsp3) is 0.562. The Bertz CT molecular complexity index is 795. The second-order valence-corrected chi connectivity index (χ2v) is 6.87. The monoisotopic (exact) mass is 330 g/mol. The van der Waals surface area contributed by atoms with E-state index in [1.165, 1.54) is 0 Å². The standard InChI is InChI=1S/C16H22N6O2/c1-16(24-2)7-21(8-16)13-12-14(20-15(17)19-13)22(9-18-12)11-4-3-10(5-11)6-23/h3-4,9-11,23H,5-8H2,1-2H3,(H2,17,19,20)/t10-,11+/m1/s1. The molecule has 0 amide bonds. The van der Waals surface area contributed by atoms with Gasteiger partial charge in [-0.3, -0.25) is 0 Å². The summed E-state index contributed by atoms with van der Waals surface area (Å²) in [7, 11) is 1.72. The zero-order valence-corrected chi connectivity index (χ0v) is 13.9. The van der Waals surface area contributed by atoms with Crippen molar-refractivity contribution in [3.63, 3.8) is 0 Å². The first-order chi connectivity index (χ1) is 11.5. The van der Waals surface area contributed by atoms with E-state index >= 15 is 0 Å². The number of anilines is 2. The summed E-state index contributed by atoms with van der Waals surface area (Å²) in [5, 5.41) is 9.33. The summed E-state index contributed by atoms with van der Waals surface area (Å²) in [6.07, 6.45) is 6.76. The molecule has 128 valence electrons. The summed E-state index contributed by atoms with van der Waals surface area (Å²) < 4.78 is 7.52. The number of hydrogen-bond acceptors (Lipinski definition) is 7. The summed E-state index contributed by atoms with van der Waals surface area (Å²) in [5.41, 5.74) is 7.27. The van der Waals surface area contributed by atoms with Gasteiger partial charge in [0.2, 0.25) is 5.95 Å². The molecule has 0 unspecified atom stereocenters. The Balaban J connectivity index is 1.69. The van der Waals surface area contributed by atoms with E-state index in [0.717, 1.165) is 36.5 Å². The Kier molecular flexibility index (Phi) is 3.47. The van der Waals surface area contributed by atoms with E-state index in [4.69, 9.17) is 10.5 Å². The predicted molar refractivity (Wildman–Crippen MR) is 90.7 cm³/mol. The highest BCUT2D eigenvalue weighted by Crippen LogP contribution is 2.35. The van der Waals surface area contributed by atoms with Crippen LogP contribution < -0.4 is 10.6 Å². The largest absolute Gasteiger partial charge is 0.396 e. The second-order valence-electron chi connectivity index (χ2n) is 6.87. The van der Waals surface area contributed by atoms with Gasteiger partial charge in [-0.25, -0.2) is 4.98 Å². The van der Waals surface area contributed by atoms with Gasteiger partial charge in [0.25, 0.3) is 0 Å². The lowest BCUT2D eigenvalue weighted by Gasteiger charge is -2.47. The highest BCUT2D eigenvalue weighted by molar-refractivity contribution is 5.85. The Morgan fingerprint density at radius 2 is 2.17 bits per heavy atom. The number of ether oxygens (including phenoxy) is 1. The van der Waals surface area contributed by atoms with Crippen molar-refractivity contribution in [3.05, 3.63) is 18.5 Å². The molecule has 3 N–H and O–H groups in total. The van der Waals surface area contributed by atoms with Crippen LogP contribution in [0.4, 0.5) is 11.8 Å². The quantitative estimate of drug-likeness (QED) is 0.797. The summed E-state index contributed by atoms with van der Waals surface area (Å²) in [4.78, 5) is 15.4. The lowest BCUT2D eigenvalue weighted by atomic mass is 9.96. The highest BCUT2D eigenvalue weighted by Gasteiger charge is 2.41. The van der Waals surface area contributed by atoms with Crippen LogP contribution in [0.5, 0.6) is 0 Å². The minimum atomic E-state index is -0.156. The van der Waals surface area contributed by atoms with Crippen molar-refractivity contribution in [2.75, 3.05) is 37.4 Å². The Labute approximate surface area is 140 Å². The van der Waals surface area contributed by atoms with Gasteiger partial charge in [0.1, 0.15) is 0 Å². The molecular weight excluding hydrogens is 308 g/mol. The third kappa shape index (κ3) is 2.33. The molecule has 2 aromatic heterocycles. The zero-order valence-electron chi connectivity index (χ0n) is 13.9. The van der Waals surface area contributed by atoms with Crippen molar-refractivity contribution in [2.45, 2.75) is 25.0 Å². The number of aliphatic hydroxyl groups is 1. The molecule has 0 radical (unpaired) electrons. The number of methoxy groups -OCH3 is 1. The molecule has 1 fully saturated rings. The minimum absolute atomic E-state index is 0.134. The van der Waals surface area contributed by atoms with Crippen molar-refractivity contribution in [2.24, 2.45) is 5.92 Å².